The van der Waals surface area contributed by atoms with Crippen LogP contribution < -0.4 is 16.1 Å². The molecule has 6 rings (SSSR count). The zero-order valence-corrected chi connectivity index (χ0v) is 16.5. The first-order valence-corrected chi connectivity index (χ1v) is 10.6. The van der Waals surface area contributed by atoms with Crippen molar-refractivity contribution >= 4 is 0 Å². The minimum absolute atomic E-state index is 0.0659. The summed E-state index contributed by atoms with van der Waals surface area (Å²) in [7, 11) is 0. The molecule has 2 atom stereocenters. The molecule has 2 aromatic carbocycles. The summed E-state index contributed by atoms with van der Waals surface area (Å²) in [4.78, 5) is 26.8. The molecule has 0 amide bonds. The lowest BCUT2D eigenvalue weighted by Crippen LogP contribution is -2.54. The molecule has 0 saturated heterocycles. The van der Waals surface area contributed by atoms with Crippen LogP contribution in [0.3, 0.4) is 0 Å². The molecule has 1 spiro atoms. The van der Waals surface area contributed by atoms with Gasteiger partial charge < -0.3 is 9.84 Å². The quantitative estimate of drug-likeness (QED) is 0.675. The largest absolute Gasteiger partial charge is 0.508 e. The van der Waals surface area contributed by atoms with Crippen molar-refractivity contribution in [2.24, 2.45) is 0 Å². The van der Waals surface area contributed by atoms with E-state index < -0.39 is 5.60 Å². The van der Waals surface area contributed by atoms with Crippen LogP contribution >= 0.6 is 0 Å². The average molecular weight is 405 g/mol. The number of hydrogen-bond donors (Lipinski definition) is 1. The van der Waals surface area contributed by atoms with Crippen LogP contribution in [0.1, 0.15) is 49.6 Å². The highest BCUT2D eigenvalue weighted by Gasteiger charge is 2.55. The van der Waals surface area contributed by atoms with Gasteiger partial charge in [0.25, 0.3) is 0 Å². The van der Waals surface area contributed by atoms with Gasteiger partial charge in [0.15, 0.2) is 0 Å². The van der Waals surface area contributed by atoms with Crippen molar-refractivity contribution in [1.82, 2.24) is 13.9 Å². The van der Waals surface area contributed by atoms with Crippen LogP contribution in [0.2, 0.25) is 0 Å². The summed E-state index contributed by atoms with van der Waals surface area (Å²) < 4.78 is 11.1. The van der Waals surface area contributed by atoms with E-state index in [1.807, 2.05) is 24.3 Å². The fraction of sp³-hybridized carbons (Fsp3) is 0.391. The number of phenolic OH excluding ortho intramolecular Hbond substituents is 1. The van der Waals surface area contributed by atoms with Crippen molar-refractivity contribution in [2.45, 2.75) is 56.2 Å². The van der Waals surface area contributed by atoms with Gasteiger partial charge in [0.1, 0.15) is 23.1 Å². The standard InChI is InChI=1S/C23H23N3O4/c27-16-8-9-17-18-10-13-24-21(28)25(15-6-2-1-3-7-15)22(29)26(24)20(18)23(11-4-5-12-23)30-19(17)14-16/h1-3,6-9,14,18,20,27H,4-5,10-13H2/t18-,20-/m0/s1. The Morgan fingerprint density at radius 1 is 1.00 bits per heavy atom. The van der Waals surface area contributed by atoms with Crippen molar-refractivity contribution in [3.8, 4) is 17.2 Å². The van der Waals surface area contributed by atoms with E-state index in [9.17, 15) is 14.7 Å². The fourth-order valence-electron chi connectivity index (χ4n) is 5.84. The molecule has 0 bridgehead atoms. The average Bonchev–Trinajstić information content (AvgIpc) is 3.31. The van der Waals surface area contributed by atoms with E-state index in [-0.39, 0.29) is 29.1 Å². The normalized spacial score (nSPS) is 23.5. The molecule has 7 nitrogen and oxygen atoms in total. The number of rotatable bonds is 1. The Bertz CT molecular complexity index is 1250. The van der Waals surface area contributed by atoms with Gasteiger partial charge in [-0.1, -0.05) is 24.3 Å². The zero-order valence-electron chi connectivity index (χ0n) is 16.5. The van der Waals surface area contributed by atoms with Gasteiger partial charge in [-0.3, -0.25) is 0 Å². The third kappa shape index (κ3) is 2.26. The molecular formula is C23H23N3O4. The fourth-order valence-corrected chi connectivity index (χ4v) is 5.84. The number of benzene rings is 2. The topological polar surface area (TPSA) is 78.4 Å². The Morgan fingerprint density at radius 3 is 2.53 bits per heavy atom. The van der Waals surface area contributed by atoms with Crippen LogP contribution in [-0.4, -0.2) is 24.6 Å². The predicted molar refractivity (Wildman–Crippen MR) is 111 cm³/mol. The summed E-state index contributed by atoms with van der Waals surface area (Å²) in [6.45, 7) is 0.478. The number of nitrogens with zero attached hydrogens (tertiary/aromatic N) is 3. The molecule has 30 heavy (non-hydrogen) atoms. The smallest absolute Gasteiger partial charge is 0.352 e. The highest BCUT2D eigenvalue weighted by Crippen LogP contribution is 2.56. The minimum Gasteiger partial charge on any atom is -0.508 e. The molecule has 1 saturated carbocycles. The molecule has 2 aliphatic heterocycles. The number of para-hydroxylation sites is 1. The van der Waals surface area contributed by atoms with Gasteiger partial charge in [-0.05, 0) is 55.9 Å². The first-order chi connectivity index (χ1) is 14.6. The van der Waals surface area contributed by atoms with E-state index in [1.165, 1.54) is 4.57 Å². The van der Waals surface area contributed by atoms with Crippen LogP contribution in [0.5, 0.6) is 11.5 Å². The second-order valence-electron chi connectivity index (χ2n) is 8.64. The van der Waals surface area contributed by atoms with E-state index in [1.54, 1.807) is 33.6 Å². The first-order valence-electron chi connectivity index (χ1n) is 10.6. The van der Waals surface area contributed by atoms with Crippen LogP contribution in [0.15, 0.2) is 58.1 Å². The second kappa shape index (κ2) is 6.14. The summed E-state index contributed by atoms with van der Waals surface area (Å²) in [6, 6.07) is 14.1. The summed E-state index contributed by atoms with van der Waals surface area (Å²) in [5, 5.41) is 10.00. The van der Waals surface area contributed by atoms with Crippen LogP contribution in [0, 0.1) is 0 Å². The molecule has 1 aromatic heterocycles. The maximum absolute atomic E-state index is 13.6. The number of phenols is 1. The predicted octanol–water partition coefficient (Wildman–Crippen LogP) is 2.94. The van der Waals surface area contributed by atoms with E-state index in [2.05, 4.69) is 0 Å². The third-order valence-electron chi connectivity index (χ3n) is 7.07. The molecule has 1 aliphatic carbocycles. The zero-order chi connectivity index (χ0) is 20.5. The SMILES string of the molecule is O=c1n(-c2ccccc2)c(=O)n2n1CC[C@H]1c3ccc(O)cc3OC3(CCCC3)[C@H]12. The van der Waals surface area contributed by atoms with Crippen molar-refractivity contribution in [1.29, 1.82) is 0 Å². The van der Waals surface area contributed by atoms with Gasteiger partial charge in [-0.25, -0.2) is 23.5 Å². The van der Waals surface area contributed by atoms with Crippen molar-refractivity contribution in [2.75, 3.05) is 0 Å². The molecule has 3 aliphatic rings. The van der Waals surface area contributed by atoms with Gasteiger partial charge in [0, 0.05) is 18.5 Å². The van der Waals surface area contributed by atoms with E-state index in [0.29, 0.717) is 18.0 Å². The monoisotopic (exact) mass is 405 g/mol. The third-order valence-corrected chi connectivity index (χ3v) is 7.07. The maximum Gasteiger partial charge on any atom is 0.352 e. The van der Waals surface area contributed by atoms with Gasteiger partial charge in [-0.2, -0.15) is 0 Å². The van der Waals surface area contributed by atoms with Crippen molar-refractivity contribution in [3.63, 3.8) is 0 Å². The van der Waals surface area contributed by atoms with E-state index >= 15 is 0 Å². The lowest BCUT2D eigenvalue weighted by atomic mass is 9.74. The minimum atomic E-state index is -0.535. The molecule has 0 radical (unpaired) electrons. The highest BCUT2D eigenvalue weighted by molar-refractivity contribution is 5.46. The number of aromatic hydroxyl groups is 1. The Labute approximate surface area is 172 Å². The molecule has 3 heterocycles. The summed E-state index contributed by atoms with van der Waals surface area (Å²) in [5.41, 5.74) is 0.453. The van der Waals surface area contributed by atoms with Gasteiger partial charge in [0.2, 0.25) is 0 Å². The second-order valence-corrected chi connectivity index (χ2v) is 8.64. The number of fused-ring (bicyclic) bond motifs is 6. The highest BCUT2D eigenvalue weighted by atomic mass is 16.5. The Kier molecular flexibility index (Phi) is 3.61. The summed E-state index contributed by atoms with van der Waals surface area (Å²) in [5.74, 6) is 0.959. The van der Waals surface area contributed by atoms with E-state index in [4.69, 9.17) is 4.74 Å². The molecule has 7 heteroatoms. The molecule has 3 aromatic rings. The van der Waals surface area contributed by atoms with Gasteiger partial charge in [0.05, 0.1) is 5.69 Å². The van der Waals surface area contributed by atoms with Crippen LogP contribution in [0.25, 0.3) is 5.69 Å². The Morgan fingerprint density at radius 2 is 1.77 bits per heavy atom. The van der Waals surface area contributed by atoms with E-state index in [0.717, 1.165) is 37.7 Å². The van der Waals surface area contributed by atoms with Crippen molar-refractivity contribution < 1.29 is 9.84 Å². The maximum atomic E-state index is 13.6. The van der Waals surface area contributed by atoms with Crippen LogP contribution in [-0.2, 0) is 6.54 Å². The first kappa shape index (κ1) is 17.6. The number of hydrogen-bond acceptors (Lipinski definition) is 4. The van der Waals surface area contributed by atoms with Gasteiger partial charge in [-0.15, -0.1) is 0 Å². The lowest BCUT2D eigenvalue weighted by molar-refractivity contribution is -0.0347. The number of ether oxygens (including phenoxy) is 1. The molecule has 0 unspecified atom stereocenters. The number of aromatic nitrogens is 3. The Hall–Kier alpha value is -3.22. The molecule has 1 fully saturated rings. The molecular weight excluding hydrogens is 382 g/mol. The molecule has 1 N–H and O–H groups in total. The van der Waals surface area contributed by atoms with Crippen molar-refractivity contribution in [3.05, 3.63) is 75.1 Å². The summed E-state index contributed by atoms with van der Waals surface area (Å²) >= 11 is 0. The lowest BCUT2D eigenvalue weighted by Gasteiger charge is -2.49. The molecule has 154 valence electrons. The summed E-state index contributed by atoms with van der Waals surface area (Å²) in [6.07, 6.45) is 4.47. The van der Waals surface area contributed by atoms with Crippen LogP contribution in [0.4, 0.5) is 0 Å². The Balaban J connectivity index is 1.60. The van der Waals surface area contributed by atoms with Gasteiger partial charge >= 0.3 is 11.4 Å².